The van der Waals surface area contributed by atoms with Gasteiger partial charge in [0.2, 0.25) is 0 Å². The van der Waals surface area contributed by atoms with E-state index in [4.69, 9.17) is 5.11 Å². The Morgan fingerprint density at radius 2 is 0.585 bits per heavy atom. The molecule has 0 aromatic rings. The Bertz CT molecular complexity index is 538. The van der Waals surface area contributed by atoms with Gasteiger partial charge in [0.1, 0.15) is 0 Å². The highest BCUT2D eigenvalue weighted by Gasteiger charge is 1.99. The lowest BCUT2D eigenvalue weighted by atomic mass is 10.0. The Morgan fingerprint density at radius 1 is 0.390 bits per heavy atom. The second-order valence-electron chi connectivity index (χ2n) is 13.3. The van der Waals surface area contributed by atoms with Gasteiger partial charge in [-0.25, -0.2) is 4.79 Å². The zero-order chi connectivity index (χ0) is 29.9. The molecule has 0 bridgehead atoms. The van der Waals surface area contributed by atoms with Gasteiger partial charge in [-0.2, -0.15) is 0 Å². The van der Waals surface area contributed by atoms with Crippen LogP contribution in [0.25, 0.3) is 0 Å². The molecule has 2 heteroatoms. The van der Waals surface area contributed by atoms with Crippen molar-refractivity contribution >= 4 is 5.97 Å². The standard InChI is InChI=1S/C39H76O2/c1-3-4-5-6-7-8-9-10-11-12-13-14-15-16-17-18-19-20-21-22-23-24-25-26-27-28-29-30-31-32-33-34-35-36-37-38(2)39(40)41/h37H,3-36H2,1-2H3,(H,40,41). The molecule has 0 amide bonds. The third kappa shape index (κ3) is 35.3. The van der Waals surface area contributed by atoms with E-state index in [9.17, 15) is 4.79 Å². The van der Waals surface area contributed by atoms with Crippen LogP contribution >= 0.6 is 0 Å². The fourth-order valence-corrected chi connectivity index (χ4v) is 6.10. The first-order chi connectivity index (χ1) is 20.2. The van der Waals surface area contributed by atoms with E-state index in [1.807, 2.05) is 6.08 Å². The van der Waals surface area contributed by atoms with Gasteiger partial charge in [-0.15, -0.1) is 0 Å². The van der Waals surface area contributed by atoms with Crippen LogP contribution in [0.1, 0.15) is 232 Å². The van der Waals surface area contributed by atoms with Gasteiger partial charge < -0.3 is 5.11 Å². The zero-order valence-corrected chi connectivity index (χ0v) is 28.5. The summed E-state index contributed by atoms with van der Waals surface area (Å²) in [6, 6.07) is 0. The van der Waals surface area contributed by atoms with Crippen LogP contribution in [0.5, 0.6) is 0 Å². The predicted octanol–water partition coefficient (Wildman–Crippen LogP) is 14.3. The second-order valence-corrected chi connectivity index (χ2v) is 13.3. The molecule has 0 spiro atoms. The van der Waals surface area contributed by atoms with Crippen LogP contribution in [-0.2, 0) is 4.79 Å². The average molecular weight is 577 g/mol. The minimum Gasteiger partial charge on any atom is -0.478 e. The summed E-state index contributed by atoms with van der Waals surface area (Å²) >= 11 is 0. The number of carboxylic acids is 1. The van der Waals surface area contributed by atoms with E-state index in [0.29, 0.717) is 5.57 Å². The molecule has 244 valence electrons. The summed E-state index contributed by atoms with van der Waals surface area (Å²) in [5.74, 6) is -0.781. The van der Waals surface area contributed by atoms with Gasteiger partial charge in [0.15, 0.2) is 0 Å². The molecule has 0 saturated carbocycles. The molecule has 0 fully saturated rings. The fraction of sp³-hybridized carbons (Fsp3) is 0.923. The molecule has 0 atom stereocenters. The van der Waals surface area contributed by atoms with E-state index in [2.05, 4.69) is 6.92 Å². The van der Waals surface area contributed by atoms with E-state index < -0.39 is 5.97 Å². The van der Waals surface area contributed by atoms with Crippen molar-refractivity contribution in [2.45, 2.75) is 232 Å². The number of aliphatic carboxylic acids is 1. The van der Waals surface area contributed by atoms with Crippen LogP contribution in [0.4, 0.5) is 0 Å². The van der Waals surface area contributed by atoms with Crippen LogP contribution in [0, 0.1) is 0 Å². The molecule has 0 aliphatic rings. The third-order valence-electron chi connectivity index (χ3n) is 9.10. The smallest absolute Gasteiger partial charge is 0.330 e. The Hall–Kier alpha value is -0.790. The Morgan fingerprint density at radius 3 is 0.780 bits per heavy atom. The van der Waals surface area contributed by atoms with E-state index in [1.165, 1.54) is 205 Å². The van der Waals surface area contributed by atoms with E-state index in [0.717, 1.165) is 12.8 Å². The zero-order valence-electron chi connectivity index (χ0n) is 28.5. The van der Waals surface area contributed by atoms with Crippen LogP contribution in [0.2, 0.25) is 0 Å². The number of allylic oxidation sites excluding steroid dienone is 1. The highest BCUT2D eigenvalue weighted by atomic mass is 16.4. The maximum Gasteiger partial charge on any atom is 0.330 e. The number of rotatable bonds is 35. The summed E-state index contributed by atoms with van der Waals surface area (Å²) in [5.41, 5.74) is 0.487. The normalized spacial score (nSPS) is 11.9. The first-order valence-electron chi connectivity index (χ1n) is 19.1. The minimum absolute atomic E-state index is 0.487. The van der Waals surface area contributed by atoms with Gasteiger partial charge in [0.05, 0.1) is 0 Å². The fourth-order valence-electron chi connectivity index (χ4n) is 6.10. The average Bonchev–Trinajstić information content (AvgIpc) is 2.97. The maximum atomic E-state index is 10.7. The number of hydrogen-bond donors (Lipinski definition) is 1. The van der Waals surface area contributed by atoms with Crippen LogP contribution in [-0.4, -0.2) is 11.1 Å². The van der Waals surface area contributed by atoms with Crippen LogP contribution < -0.4 is 0 Å². The summed E-state index contributed by atoms with van der Waals surface area (Å²) < 4.78 is 0. The molecule has 0 saturated heterocycles. The van der Waals surface area contributed by atoms with E-state index in [1.54, 1.807) is 6.92 Å². The van der Waals surface area contributed by atoms with Crippen molar-refractivity contribution in [3.63, 3.8) is 0 Å². The third-order valence-corrected chi connectivity index (χ3v) is 9.10. The highest BCUT2D eigenvalue weighted by molar-refractivity contribution is 5.85. The summed E-state index contributed by atoms with van der Waals surface area (Å²) in [6.45, 7) is 3.99. The molecule has 0 aliphatic heterocycles. The Kier molecular flexibility index (Phi) is 34.7. The van der Waals surface area contributed by atoms with Crippen molar-refractivity contribution in [2.75, 3.05) is 0 Å². The summed E-state index contributed by atoms with van der Waals surface area (Å²) in [4.78, 5) is 10.7. The molecule has 41 heavy (non-hydrogen) atoms. The molecule has 2 nitrogen and oxygen atoms in total. The lowest BCUT2D eigenvalue weighted by molar-refractivity contribution is -0.132. The summed E-state index contributed by atoms with van der Waals surface area (Å²) in [7, 11) is 0. The van der Waals surface area contributed by atoms with E-state index in [-0.39, 0.29) is 0 Å². The molecule has 0 unspecified atom stereocenters. The van der Waals surface area contributed by atoms with Crippen molar-refractivity contribution in [3.05, 3.63) is 11.6 Å². The SMILES string of the molecule is CCCCCCCCCCCCCCCCCCCCCCCCCCCCCCCCCCCC=C(C)C(=O)O. The highest BCUT2D eigenvalue weighted by Crippen LogP contribution is 2.17. The molecule has 0 aromatic carbocycles. The number of carbonyl (C=O) groups is 1. The van der Waals surface area contributed by atoms with E-state index >= 15 is 0 Å². The molecule has 0 aliphatic carbocycles. The van der Waals surface area contributed by atoms with Crippen LogP contribution in [0.15, 0.2) is 11.6 Å². The van der Waals surface area contributed by atoms with Gasteiger partial charge in [-0.05, 0) is 19.8 Å². The monoisotopic (exact) mass is 577 g/mol. The van der Waals surface area contributed by atoms with Crippen molar-refractivity contribution in [1.82, 2.24) is 0 Å². The number of unbranched alkanes of at least 4 members (excludes halogenated alkanes) is 33. The quantitative estimate of drug-likeness (QED) is 0.0601. The van der Waals surface area contributed by atoms with Gasteiger partial charge in [-0.3, -0.25) is 0 Å². The molecular formula is C39H76O2. The molecule has 0 rings (SSSR count). The minimum atomic E-state index is -0.781. The molecule has 1 N–H and O–H groups in total. The Labute approximate surface area is 259 Å². The number of carboxylic acid groups (broad SMARTS) is 1. The Balaban J connectivity index is 3.08. The maximum absolute atomic E-state index is 10.7. The van der Waals surface area contributed by atoms with Gasteiger partial charge in [0, 0.05) is 5.57 Å². The number of hydrogen-bond acceptors (Lipinski definition) is 1. The van der Waals surface area contributed by atoms with Crippen molar-refractivity contribution in [1.29, 1.82) is 0 Å². The topological polar surface area (TPSA) is 37.3 Å². The lowest BCUT2D eigenvalue weighted by Crippen LogP contribution is -1.95. The molecule has 0 radical (unpaired) electrons. The summed E-state index contributed by atoms with van der Waals surface area (Å²) in [5, 5.41) is 8.84. The lowest BCUT2D eigenvalue weighted by Gasteiger charge is -2.05. The second kappa shape index (κ2) is 35.4. The van der Waals surface area contributed by atoms with Gasteiger partial charge in [0.25, 0.3) is 0 Å². The van der Waals surface area contributed by atoms with Gasteiger partial charge >= 0.3 is 5.97 Å². The first-order valence-corrected chi connectivity index (χ1v) is 19.1. The van der Waals surface area contributed by atoms with Crippen molar-refractivity contribution in [3.8, 4) is 0 Å². The van der Waals surface area contributed by atoms with Crippen molar-refractivity contribution in [2.24, 2.45) is 0 Å². The van der Waals surface area contributed by atoms with Crippen LogP contribution in [0.3, 0.4) is 0 Å². The largest absolute Gasteiger partial charge is 0.478 e. The molecule has 0 aromatic heterocycles. The summed E-state index contributed by atoms with van der Waals surface area (Å²) in [6.07, 6.45) is 50.1. The predicted molar refractivity (Wildman–Crippen MR) is 184 cm³/mol. The van der Waals surface area contributed by atoms with Gasteiger partial charge in [-0.1, -0.05) is 218 Å². The molecular weight excluding hydrogens is 500 g/mol. The van der Waals surface area contributed by atoms with Crippen molar-refractivity contribution < 1.29 is 9.90 Å². The molecule has 0 heterocycles. The first kappa shape index (κ1) is 40.2.